The maximum atomic E-state index is 13.6. The van der Waals surface area contributed by atoms with Crippen LogP contribution < -0.4 is 4.90 Å². The second-order valence-corrected chi connectivity index (χ2v) is 7.72. The molecule has 5 rings (SSSR count). The van der Waals surface area contributed by atoms with Crippen molar-refractivity contribution >= 4 is 22.8 Å². The summed E-state index contributed by atoms with van der Waals surface area (Å²) in [5.41, 5.74) is 4.56. The zero-order chi connectivity index (χ0) is 21.2. The van der Waals surface area contributed by atoms with E-state index in [4.69, 9.17) is 4.98 Å². The van der Waals surface area contributed by atoms with Gasteiger partial charge in [-0.15, -0.1) is 0 Å². The average molecular weight is 409 g/mol. The molecular weight excluding hydrogens is 386 g/mol. The Labute approximate surface area is 181 Å². The quantitative estimate of drug-likeness (QED) is 0.513. The van der Waals surface area contributed by atoms with E-state index in [2.05, 4.69) is 33.9 Å². The molecule has 0 bridgehead atoms. The molecule has 1 saturated heterocycles. The summed E-state index contributed by atoms with van der Waals surface area (Å²) in [7, 11) is 0. The average Bonchev–Trinajstić information content (AvgIpc) is 2.84. The Hall–Kier alpha value is -3.80. The predicted octanol–water partition coefficient (Wildman–Crippen LogP) is 3.96. The summed E-state index contributed by atoms with van der Waals surface area (Å²) in [5, 5.41) is 0.888. The van der Waals surface area contributed by atoms with Crippen LogP contribution in [0.3, 0.4) is 0 Å². The third-order valence-corrected chi connectivity index (χ3v) is 5.77. The van der Waals surface area contributed by atoms with Crippen molar-refractivity contribution in [2.24, 2.45) is 0 Å². The van der Waals surface area contributed by atoms with E-state index in [1.165, 1.54) is 0 Å². The minimum atomic E-state index is 0.0436. The molecule has 4 aromatic rings. The van der Waals surface area contributed by atoms with Crippen LogP contribution in [-0.2, 0) is 0 Å². The van der Waals surface area contributed by atoms with Crippen LogP contribution in [0.2, 0.25) is 0 Å². The molecule has 2 aromatic carbocycles. The van der Waals surface area contributed by atoms with Gasteiger partial charge in [-0.3, -0.25) is 4.79 Å². The highest BCUT2D eigenvalue weighted by Gasteiger charge is 2.25. The maximum absolute atomic E-state index is 13.6. The van der Waals surface area contributed by atoms with Crippen LogP contribution in [0.4, 0.5) is 5.95 Å². The molecule has 154 valence electrons. The minimum Gasteiger partial charge on any atom is -0.337 e. The third-order valence-electron chi connectivity index (χ3n) is 5.77. The number of para-hydroxylation sites is 1. The van der Waals surface area contributed by atoms with E-state index in [1.807, 2.05) is 53.4 Å². The topological polar surface area (TPSA) is 62.2 Å². The normalized spacial score (nSPS) is 14.1. The molecule has 2 aromatic heterocycles. The van der Waals surface area contributed by atoms with E-state index in [0.717, 1.165) is 27.7 Å². The molecule has 0 atom stereocenters. The van der Waals surface area contributed by atoms with Crippen molar-refractivity contribution in [1.29, 1.82) is 0 Å². The first-order valence-corrected chi connectivity index (χ1v) is 10.5. The van der Waals surface area contributed by atoms with Crippen LogP contribution >= 0.6 is 0 Å². The summed E-state index contributed by atoms with van der Waals surface area (Å²) in [6.45, 7) is 4.76. The van der Waals surface area contributed by atoms with Crippen molar-refractivity contribution in [3.8, 4) is 11.3 Å². The SMILES string of the molecule is Cc1ccccc1-c1cc(C(=O)N2CCN(c3ncccn3)CC2)c2ccccc2n1. The Balaban J connectivity index is 1.47. The molecule has 0 radical (unpaired) electrons. The summed E-state index contributed by atoms with van der Waals surface area (Å²) >= 11 is 0. The van der Waals surface area contributed by atoms with Gasteiger partial charge in [0.2, 0.25) is 5.95 Å². The Morgan fingerprint density at radius 1 is 0.871 bits per heavy atom. The van der Waals surface area contributed by atoms with Crippen LogP contribution in [0, 0.1) is 6.92 Å². The number of anilines is 1. The van der Waals surface area contributed by atoms with Crippen LogP contribution in [0.5, 0.6) is 0 Å². The van der Waals surface area contributed by atoms with Gasteiger partial charge in [0.1, 0.15) is 0 Å². The van der Waals surface area contributed by atoms with E-state index in [1.54, 1.807) is 12.4 Å². The summed E-state index contributed by atoms with van der Waals surface area (Å²) in [5.74, 6) is 0.757. The highest BCUT2D eigenvalue weighted by molar-refractivity contribution is 6.07. The predicted molar refractivity (Wildman–Crippen MR) is 122 cm³/mol. The van der Waals surface area contributed by atoms with Crippen molar-refractivity contribution in [3.05, 3.63) is 84.2 Å². The Bertz CT molecular complexity index is 1230. The van der Waals surface area contributed by atoms with Crippen LogP contribution in [0.1, 0.15) is 15.9 Å². The lowest BCUT2D eigenvalue weighted by Crippen LogP contribution is -2.49. The Morgan fingerprint density at radius 3 is 2.35 bits per heavy atom. The van der Waals surface area contributed by atoms with Gasteiger partial charge >= 0.3 is 0 Å². The number of carbonyl (C=O) groups is 1. The minimum absolute atomic E-state index is 0.0436. The fourth-order valence-electron chi connectivity index (χ4n) is 4.09. The molecule has 0 saturated carbocycles. The highest BCUT2D eigenvalue weighted by atomic mass is 16.2. The second-order valence-electron chi connectivity index (χ2n) is 7.72. The number of amides is 1. The number of benzene rings is 2. The van der Waals surface area contributed by atoms with E-state index < -0.39 is 0 Å². The summed E-state index contributed by atoms with van der Waals surface area (Å²) in [6, 6.07) is 19.8. The molecule has 1 aliphatic heterocycles. The van der Waals surface area contributed by atoms with Crippen molar-refractivity contribution in [1.82, 2.24) is 19.9 Å². The molecule has 1 amide bonds. The number of piperazine rings is 1. The summed E-state index contributed by atoms with van der Waals surface area (Å²) in [4.78, 5) is 31.1. The van der Waals surface area contributed by atoms with Gasteiger partial charge in [-0.2, -0.15) is 0 Å². The van der Waals surface area contributed by atoms with Crippen LogP contribution in [0.25, 0.3) is 22.2 Å². The van der Waals surface area contributed by atoms with Gasteiger partial charge in [0.05, 0.1) is 16.8 Å². The molecule has 0 spiro atoms. The van der Waals surface area contributed by atoms with Crippen LogP contribution in [-0.4, -0.2) is 51.9 Å². The molecule has 6 nitrogen and oxygen atoms in total. The zero-order valence-corrected chi connectivity index (χ0v) is 17.4. The Morgan fingerprint density at radius 2 is 1.58 bits per heavy atom. The van der Waals surface area contributed by atoms with Gasteiger partial charge in [0, 0.05) is 49.5 Å². The van der Waals surface area contributed by atoms with E-state index in [-0.39, 0.29) is 5.91 Å². The van der Waals surface area contributed by atoms with Crippen molar-refractivity contribution < 1.29 is 4.79 Å². The highest BCUT2D eigenvalue weighted by Crippen LogP contribution is 2.28. The number of hydrogen-bond acceptors (Lipinski definition) is 5. The third kappa shape index (κ3) is 3.72. The molecule has 0 unspecified atom stereocenters. The van der Waals surface area contributed by atoms with Gasteiger partial charge < -0.3 is 9.80 Å². The number of carbonyl (C=O) groups excluding carboxylic acids is 1. The van der Waals surface area contributed by atoms with E-state index >= 15 is 0 Å². The number of aryl methyl sites for hydroxylation is 1. The van der Waals surface area contributed by atoms with Crippen molar-refractivity contribution in [2.45, 2.75) is 6.92 Å². The van der Waals surface area contributed by atoms with Crippen LogP contribution in [0.15, 0.2) is 73.1 Å². The largest absolute Gasteiger partial charge is 0.337 e. The number of aromatic nitrogens is 3. The van der Waals surface area contributed by atoms with Gasteiger partial charge in [0.25, 0.3) is 5.91 Å². The second kappa shape index (κ2) is 8.14. The number of nitrogens with zero attached hydrogens (tertiary/aromatic N) is 5. The molecule has 3 heterocycles. The fraction of sp³-hybridized carbons (Fsp3) is 0.200. The van der Waals surface area contributed by atoms with Gasteiger partial charge in [-0.25, -0.2) is 15.0 Å². The number of pyridine rings is 1. The van der Waals surface area contributed by atoms with Gasteiger partial charge in [0.15, 0.2) is 0 Å². The lowest BCUT2D eigenvalue weighted by Gasteiger charge is -2.34. The smallest absolute Gasteiger partial charge is 0.254 e. The Kier molecular flexibility index (Phi) is 5.04. The summed E-state index contributed by atoms with van der Waals surface area (Å²) in [6.07, 6.45) is 3.49. The first-order valence-electron chi connectivity index (χ1n) is 10.5. The first-order chi connectivity index (χ1) is 15.2. The lowest BCUT2D eigenvalue weighted by molar-refractivity contribution is 0.0748. The zero-order valence-electron chi connectivity index (χ0n) is 17.4. The standard InChI is InChI=1S/C25H23N5O/c1-18-7-2-3-8-19(18)23-17-21(20-9-4-5-10-22(20)28-23)24(31)29-13-15-30(16-14-29)25-26-11-6-12-27-25/h2-12,17H,13-16H2,1H3. The molecule has 0 aliphatic carbocycles. The first kappa shape index (κ1) is 19.2. The van der Waals surface area contributed by atoms with Crippen molar-refractivity contribution in [2.75, 3.05) is 31.1 Å². The molecule has 0 N–H and O–H groups in total. The monoisotopic (exact) mass is 409 g/mol. The lowest BCUT2D eigenvalue weighted by atomic mass is 10.0. The maximum Gasteiger partial charge on any atom is 0.254 e. The number of rotatable bonds is 3. The molecule has 1 fully saturated rings. The molecule has 31 heavy (non-hydrogen) atoms. The summed E-state index contributed by atoms with van der Waals surface area (Å²) < 4.78 is 0. The number of hydrogen-bond donors (Lipinski definition) is 0. The number of fused-ring (bicyclic) bond motifs is 1. The molecule has 6 heteroatoms. The van der Waals surface area contributed by atoms with E-state index in [0.29, 0.717) is 37.7 Å². The molecular formula is C25H23N5O. The fourth-order valence-corrected chi connectivity index (χ4v) is 4.09. The van der Waals surface area contributed by atoms with Crippen molar-refractivity contribution in [3.63, 3.8) is 0 Å². The van der Waals surface area contributed by atoms with E-state index in [9.17, 15) is 4.79 Å². The molecule has 1 aliphatic rings. The van der Waals surface area contributed by atoms with Gasteiger partial charge in [-0.1, -0.05) is 42.5 Å². The van der Waals surface area contributed by atoms with Gasteiger partial charge in [-0.05, 0) is 30.7 Å².